The number of pyridine rings is 1. The van der Waals surface area contributed by atoms with E-state index >= 15 is 0 Å². The van der Waals surface area contributed by atoms with Crippen molar-refractivity contribution in [1.29, 1.82) is 0 Å². The highest BCUT2D eigenvalue weighted by Gasteiger charge is 2.25. The van der Waals surface area contributed by atoms with E-state index < -0.39 is 0 Å². The smallest absolute Gasteiger partial charge is 0.258 e. The largest absolute Gasteiger partial charge is 0.341 e. The third kappa shape index (κ3) is 4.34. The zero-order chi connectivity index (χ0) is 16.9. The van der Waals surface area contributed by atoms with Crippen LogP contribution >= 0.6 is 12.4 Å². The van der Waals surface area contributed by atoms with Gasteiger partial charge in [-0.1, -0.05) is 0 Å². The minimum Gasteiger partial charge on any atom is -0.341 e. The molecule has 1 saturated heterocycles. The highest BCUT2D eigenvalue weighted by Crippen LogP contribution is 2.25. The number of likely N-dealkylation sites (tertiary alicyclic amines) is 1. The minimum atomic E-state index is -0.222. The van der Waals surface area contributed by atoms with Gasteiger partial charge in [0, 0.05) is 31.5 Å². The average Bonchev–Trinajstić information content (AvgIpc) is 3.10. The van der Waals surface area contributed by atoms with Crippen LogP contribution in [0, 0.1) is 0 Å². The van der Waals surface area contributed by atoms with Crippen molar-refractivity contribution in [3.63, 3.8) is 0 Å². The summed E-state index contributed by atoms with van der Waals surface area (Å²) in [6.45, 7) is 1.34. The molecule has 2 amide bonds. The third-order valence-electron chi connectivity index (χ3n) is 4.17. The van der Waals surface area contributed by atoms with Crippen molar-refractivity contribution >= 4 is 30.0 Å². The fourth-order valence-electron chi connectivity index (χ4n) is 2.88. The molecule has 134 valence electrons. The first-order chi connectivity index (χ1) is 11.7. The molecule has 1 aliphatic heterocycles. The minimum absolute atomic E-state index is 0. The van der Waals surface area contributed by atoms with E-state index in [4.69, 9.17) is 5.73 Å². The highest BCUT2D eigenvalue weighted by atomic mass is 35.5. The summed E-state index contributed by atoms with van der Waals surface area (Å²) in [4.78, 5) is 29.6. The highest BCUT2D eigenvalue weighted by molar-refractivity contribution is 6.03. The number of hydrogen-bond acceptors (Lipinski definition) is 5. The number of halogens is 1. The summed E-state index contributed by atoms with van der Waals surface area (Å²) in [6, 6.07) is 5.34. The number of nitrogens with zero attached hydrogens (tertiary/aromatic N) is 4. The predicted octanol–water partition coefficient (Wildman–Crippen LogP) is 1.07. The van der Waals surface area contributed by atoms with E-state index in [1.165, 1.54) is 6.20 Å². The average molecular weight is 365 g/mol. The Morgan fingerprint density at radius 3 is 2.64 bits per heavy atom. The Kier molecular flexibility index (Phi) is 6.49. The maximum Gasteiger partial charge on any atom is 0.258 e. The van der Waals surface area contributed by atoms with Crippen LogP contribution in [-0.4, -0.2) is 51.1 Å². The quantitative estimate of drug-likeness (QED) is 0.844. The van der Waals surface area contributed by atoms with E-state index in [0.717, 1.165) is 12.8 Å². The number of nitrogens with two attached hydrogens (primary N) is 1. The molecule has 2 aromatic rings. The van der Waals surface area contributed by atoms with Crippen molar-refractivity contribution in [2.75, 3.05) is 25.0 Å². The van der Waals surface area contributed by atoms with Gasteiger partial charge in [-0.25, -0.2) is 4.68 Å². The van der Waals surface area contributed by atoms with E-state index in [1.807, 2.05) is 4.68 Å². The Hall–Kier alpha value is -2.45. The van der Waals surface area contributed by atoms with Gasteiger partial charge in [-0.05, 0) is 25.0 Å². The van der Waals surface area contributed by atoms with E-state index in [-0.39, 0.29) is 36.8 Å². The van der Waals surface area contributed by atoms with Crippen molar-refractivity contribution in [2.24, 2.45) is 5.73 Å². The lowest BCUT2D eigenvalue weighted by atomic mass is 10.1. The Morgan fingerprint density at radius 2 is 2.00 bits per heavy atom. The molecule has 3 heterocycles. The zero-order valence-corrected chi connectivity index (χ0v) is 14.5. The normalized spacial score (nSPS) is 14.7. The van der Waals surface area contributed by atoms with Crippen molar-refractivity contribution in [1.82, 2.24) is 19.7 Å². The van der Waals surface area contributed by atoms with Crippen LogP contribution in [-0.2, 0) is 4.79 Å². The van der Waals surface area contributed by atoms with Gasteiger partial charge in [-0.15, -0.1) is 12.4 Å². The van der Waals surface area contributed by atoms with Gasteiger partial charge in [0.2, 0.25) is 5.91 Å². The molecule has 9 heteroatoms. The van der Waals surface area contributed by atoms with E-state index in [9.17, 15) is 9.59 Å². The van der Waals surface area contributed by atoms with Crippen LogP contribution in [0.4, 0.5) is 5.82 Å². The van der Waals surface area contributed by atoms with Gasteiger partial charge in [0.05, 0.1) is 24.3 Å². The van der Waals surface area contributed by atoms with Crippen LogP contribution < -0.4 is 11.1 Å². The van der Waals surface area contributed by atoms with Gasteiger partial charge in [0.1, 0.15) is 5.82 Å². The molecular weight excluding hydrogens is 344 g/mol. The van der Waals surface area contributed by atoms with E-state index in [2.05, 4.69) is 15.4 Å². The summed E-state index contributed by atoms with van der Waals surface area (Å²) in [5.74, 6) is 0.395. The standard InChI is InChI=1S/C16H20N6O2.ClH/c17-10-15(23)21-8-4-13(5-9-21)22-14(3-7-19-22)20-16(24)12-2-1-6-18-11-12;/h1-3,6-7,11,13H,4-5,8-10,17H2,(H,20,24);1H. The molecule has 0 spiro atoms. The van der Waals surface area contributed by atoms with Gasteiger partial charge in [-0.2, -0.15) is 5.10 Å². The summed E-state index contributed by atoms with van der Waals surface area (Å²) in [5, 5.41) is 7.21. The van der Waals surface area contributed by atoms with Crippen LogP contribution in [0.15, 0.2) is 36.8 Å². The second-order valence-electron chi connectivity index (χ2n) is 5.67. The maximum atomic E-state index is 12.3. The first-order valence-electron chi connectivity index (χ1n) is 7.92. The first kappa shape index (κ1) is 18.9. The number of hydrogen-bond donors (Lipinski definition) is 2. The first-order valence-corrected chi connectivity index (χ1v) is 7.92. The molecule has 0 atom stereocenters. The van der Waals surface area contributed by atoms with Gasteiger partial charge in [0.25, 0.3) is 5.91 Å². The van der Waals surface area contributed by atoms with Gasteiger partial charge < -0.3 is 16.0 Å². The summed E-state index contributed by atoms with van der Waals surface area (Å²) in [7, 11) is 0. The van der Waals surface area contributed by atoms with Crippen molar-refractivity contribution in [3.05, 3.63) is 42.4 Å². The number of piperidine rings is 1. The topological polar surface area (TPSA) is 106 Å². The Balaban J connectivity index is 0.00000225. The number of aromatic nitrogens is 3. The lowest BCUT2D eigenvalue weighted by Gasteiger charge is -2.32. The molecule has 1 aliphatic rings. The summed E-state index contributed by atoms with van der Waals surface area (Å²) in [5.41, 5.74) is 5.90. The summed E-state index contributed by atoms with van der Waals surface area (Å²) >= 11 is 0. The molecule has 0 aliphatic carbocycles. The van der Waals surface area contributed by atoms with Crippen LogP contribution in [0.2, 0.25) is 0 Å². The number of anilines is 1. The monoisotopic (exact) mass is 364 g/mol. The molecular formula is C16H21ClN6O2. The van der Waals surface area contributed by atoms with Crippen LogP contribution in [0.5, 0.6) is 0 Å². The molecule has 1 fully saturated rings. The molecule has 3 rings (SSSR count). The molecule has 25 heavy (non-hydrogen) atoms. The number of rotatable bonds is 4. The fourth-order valence-corrected chi connectivity index (χ4v) is 2.88. The third-order valence-corrected chi connectivity index (χ3v) is 4.17. The Labute approximate surface area is 151 Å². The second-order valence-corrected chi connectivity index (χ2v) is 5.67. The summed E-state index contributed by atoms with van der Waals surface area (Å²) in [6.07, 6.45) is 6.37. The predicted molar refractivity (Wildman–Crippen MR) is 95.6 cm³/mol. The maximum absolute atomic E-state index is 12.3. The number of nitrogens with one attached hydrogen (secondary N) is 1. The Bertz CT molecular complexity index is 712. The zero-order valence-electron chi connectivity index (χ0n) is 13.7. The molecule has 0 unspecified atom stereocenters. The van der Waals surface area contributed by atoms with E-state index in [1.54, 1.807) is 35.5 Å². The number of carbonyl (C=O) groups is 2. The van der Waals surface area contributed by atoms with Crippen LogP contribution in [0.3, 0.4) is 0 Å². The summed E-state index contributed by atoms with van der Waals surface area (Å²) < 4.78 is 1.82. The molecule has 8 nitrogen and oxygen atoms in total. The molecule has 0 bridgehead atoms. The fraction of sp³-hybridized carbons (Fsp3) is 0.375. The van der Waals surface area contributed by atoms with Crippen LogP contribution in [0.25, 0.3) is 0 Å². The SMILES string of the molecule is Cl.NCC(=O)N1CCC(n2nccc2NC(=O)c2cccnc2)CC1. The lowest BCUT2D eigenvalue weighted by molar-refractivity contribution is -0.130. The number of carbonyl (C=O) groups excluding carboxylic acids is 2. The lowest BCUT2D eigenvalue weighted by Crippen LogP contribution is -2.42. The van der Waals surface area contributed by atoms with Gasteiger partial charge in [0.15, 0.2) is 0 Å². The molecule has 0 radical (unpaired) electrons. The number of amides is 2. The van der Waals surface area contributed by atoms with Gasteiger partial charge in [-0.3, -0.25) is 14.6 Å². The van der Waals surface area contributed by atoms with Crippen molar-refractivity contribution in [2.45, 2.75) is 18.9 Å². The van der Waals surface area contributed by atoms with Crippen LogP contribution in [0.1, 0.15) is 29.2 Å². The van der Waals surface area contributed by atoms with Gasteiger partial charge >= 0.3 is 0 Å². The molecule has 0 aromatic carbocycles. The molecule has 0 saturated carbocycles. The van der Waals surface area contributed by atoms with E-state index in [0.29, 0.717) is 24.5 Å². The molecule has 2 aromatic heterocycles. The van der Waals surface area contributed by atoms with Crippen molar-refractivity contribution < 1.29 is 9.59 Å². The van der Waals surface area contributed by atoms with Crippen molar-refractivity contribution in [3.8, 4) is 0 Å². The Morgan fingerprint density at radius 1 is 1.24 bits per heavy atom. The second kappa shape index (κ2) is 8.59. The molecule has 3 N–H and O–H groups in total.